The van der Waals surface area contributed by atoms with Crippen molar-refractivity contribution in [3.63, 3.8) is 0 Å². The predicted octanol–water partition coefficient (Wildman–Crippen LogP) is 3.19. The minimum absolute atomic E-state index is 0. The molecule has 4 heteroatoms. The second-order valence-corrected chi connectivity index (χ2v) is 4.70. The lowest BCUT2D eigenvalue weighted by Crippen LogP contribution is -2.17. The molecule has 0 aromatic heterocycles. The number of carbonyl (C=O) groups excluding carboxylic acids is 1. The Morgan fingerprint density at radius 3 is 2.29 bits per heavy atom. The van der Waals surface area contributed by atoms with E-state index in [-0.39, 0.29) is 24.5 Å². The Hall–Kier alpha value is -0.280. The zero-order chi connectivity index (χ0) is 11.6. The van der Waals surface area contributed by atoms with Crippen LogP contribution < -0.4 is 5.73 Å². The van der Waals surface area contributed by atoms with Crippen LogP contribution in [-0.2, 0) is 9.53 Å². The molecule has 0 amide bonds. The van der Waals surface area contributed by atoms with Gasteiger partial charge in [0.25, 0.3) is 0 Å². The molecule has 1 aliphatic carbocycles. The summed E-state index contributed by atoms with van der Waals surface area (Å²) in [7, 11) is 0. The van der Waals surface area contributed by atoms with E-state index in [0.29, 0.717) is 6.42 Å². The Labute approximate surface area is 111 Å². The van der Waals surface area contributed by atoms with E-state index in [1.807, 2.05) is 0 Å². The molecular weight excluding hydrogens is 238 g/mol. The van der Waals surface area contributed by atoms with E-state index in [9.17, 15) is 4.79 Å². The predicted molar refractivity (Wildman–Crippen MR) is 72.4 cm³/mol. The van der Waals surface area contributed by atoms with Gasteiger partial charge in [0.1, 0.15) is 6.10 Å². The first-order valence-electron chi connectivity index (χ1n) is 6.72. The maximum Gasteiger partial charge on any atom is 0.306 e. The molecule has 102 valence electrons. The van der Waals surface area contributed by atoms with Gasteiger partial charge in [-0.1, -0.05) is 19.3 Å². The standard InChI is InChI=1S/C13H25NO2.ClH/c14-11-7-3-6-10-13(15)16-12-8-4-1-2-5-9-12;/h12H,1-11,14H2;1H. The third kappa shape index (κ3) is 8.44. The molecule has 0 aromatic rings. The molecule has 0 atom stereocenters. The highest BCUT2D eigenvalue weighted by molar-refractivity contribution is 5.85. The van der Waals surface area contributed by atoms with Crippen LogP contribution in [0.25, 0.3) is 0 Å². The molecule has 0 aliphatic heterocycles. The average molecular weight is 264 g/mol. The van der Waals surface area contributed by atoms with Gasteiger partial charge in [-0.25, -0.2) is 0 Å². The van der Waals surface area contributed by atoms with Gasteiger partial charge in [-0.3, -0.25) is 4.79 Å². The Morgan fingerprint density at radius 2 is 1.71 bits per heavy atom. The lowest BCUT2D eigenvalue weighted by molar-refractivity contribution is -0.149. The van der Waals surface area contributed by atoms with Crippen molar-refractivity contribution in [2.75, 3.05) is 6.54 Å². The molecule has 0 saturated heterocycles. The SMILES string of the molecule is Cl.NCCCCCC(=O)OC1CCCCCC1. The quantitative estimate of drug-likeness (QED) is 0.455. The fraction of sp³-hybridized carbons (Fsp3) is 0.923. The number of halogens is 1. The summed E-state index contributed by atoms with van der Waals surface area (Å²) in [5.74, 6) is -0.0103. The summed E-state index contributed by atoms with van der Waals surface area (Å²) in [6, 6.07) is 0. The van der Waals surface area contributed by atoms with Crippen LogP contribution in [0, 0.1) is 0 Å². The zero-order valence-electron chi connectivity index (χ0n) is 10.7. The lowest BCUT2D eigenvalue weighted by atomic mass is 10.1. The first kappa shape index (κ1) is 16.7. The van der Waals surface area contributed by atoms with E-state index < -0.39 is 0 Å². The van der Waals surface area contributed by atoms with Crippen LogP contribution in [0.3, 0.4) is 0 Å². The molecule has 0 bridgehead atoms. The number of hydrogen-bond donors (Lipinski definition) is 1. The van der Waals surface area contributed by atoms with E-state index >= 15 is 0 Å². The van der Waals surface area contributed by atoms with Crippen LogP contribution in [0.4, 0.5) is 0 Å². The molecule has 1 saturated carbocycles. The van der Waals surface area contributed by atoms with Crippen LogP contribution >= 0.6 is 12.4 Å². The second-order valence-electron chi connectivity index (χ2n) is 4.70. The molecule has 0 unspecified atom stereocenters. The number of unbranched alkanes of at least 4 members (excludes halogenated alkanes) is 2. The van der Waals surface area contributed by atoms with Gasteiger partial charge in [-0.15, -0.1) is 12.4 Å². The Kier molecular flexibility index (Phi) is 10.7. The number of carbonyl (C=O) groups is 1. The smallest absolute Gasteiger partial charge is 0.306 e. The zero-order valence-corrected chi connectivity index (χ0v) is 11.5. The summed E-state index contributed by atoms with van der Waals surface area (Å²) in [5.41, 5.74) is 5.40. The summed E-state index contributed by atoms with van der Waals surface area (Å²) in [5, 5.41) is 0. The highest BCUT2D eigenvalue weighted by Crippen LogP contribution is 2.20. The van der Waals surface area contributed by atoms with Crippen molar-refractivity contribution < 1.29 is 9.53 Å². The van der Waals surface area contributed by atoms with Gasteiger partial charge in [-0.05, 0) is 45.1 Å². The Morgan fingerprint density at radius 1 is 1.06 bits per heavy atom. The number of ether oxygens (including phenoxy) is 1. The Bertz CT molecular complexity index is 192. The highest BCUT2D eigenvalue weighted by atomic mass is 35.5. The maximum atomic E-state index is 11.5. The van der Waals surface area contributed by atoms with E-state index in [1.165, 1.54) is 25.7 Å². The van der Waals surface area contributed by atoms with E-state index in [4.69, 9.17) is 10.5 Å². The second kappa shape index (κ2) is 10.8. The summed E-state index contributed by atoms with van der Waals surface area (Å²) in [6.45, 7) is 0.720. The van der Waals surface area contributed by atoms with Crippen LogP contribution in [0.5, 0.6) is 0 Å². The van der Waals surface area contributed by atoms with Gasteiger partial charge in [0.2, 0.25) is 0 Å². The summed E-state index contributed by atoms with van der Waals surface area (Å²) in [6.07, 6.45) is 10.9. The molecule has 0 heterocycles. The molecule has 1 rings (SSSR count). The number of rotatable bonds is 6. The van der Waals surface area contributed by atoms with Crippen molar-refractivity contribution in [3.05, 3.63) is 0 Å². The first-order valence-corrected chi connectivity index (χ1v) is 6.72. The fourth-order valence-corrected chi connectivity index (χ4v) is 2.20. The van der Waals surface area contributed by atoms with Crippen LogP contribution in [0.15, 0.2) is 0 Å². The summed E-state index contributed by atoms with van der Waals surface area (Å²) < 4.78 is 5.48. The van der Waals surface area contributed by atoms with Crippen molar-refractivity contribution in [2.45, 2.75) is 70.3 Å². The van der Waals surface area contributed by atoms with Crippen molar-refractivity contribution in [1.82, 2.24) is 0 Å². The van der Waals surface area contributed by atoms with Gasteiger partial charge < -0.3 is 10.5 Å². The fourth-order valence-electron chi connectivity index (χ4n) is 2.20. The first-order chi connectivity index (χ1) is 7.83. The minimum atomic E-state index is -0.0103. The average Bonchev–Trinajstić information content (AvgIpc) is 2.53. The molecule has 1 aliphatic rings. The lowest BCUT2D eigenvalue weighted by Gasteiger charge is -2.15. The van der Waals surface area contributed by atoms with Crippen molar-refractivity contribution >= 4 is 18.4 Å². The molecule has 0 aromatic carbocycles. The number of hydrogen-bond acceptors (Lipinski definition) is 3. The van der Waals surface area contributed by atoms with Gasteiger partial charge >= 0.3 is 5.97 Å². The molecular formula is C13H26ClNO2. The molecule has 3 nitrogen and oxygen atoms in total. The molecule has 1 fully saturated rings. The number of nitrogens with two attached hydrogens (primary N) is 1. The van der Waals surface area contributed by atoms with E-state index in [2.05, 4.69) is 0 Å². The van der Waals surface area contributed by atoms with Gasteiger partial charge in [-0.2, -0.15) is 0 Å². The van der Waals surface area contributed by atoms with Crippen molar-refractivity contribution in [3.8, 4) is 0 Å². The summed E-state index contributed by atoms with van der Waals surface area (Å²) in [4.78, 5) is 11.5. The normalized spacial score (nSPS) is 17.0. The third-order valence-corrected chi connectivity index (χ3v) is 3.19. The minimum Gasteiger partial charge on any atom is -0.462 e. The van der Waals surface area contributed by atoms with Gasteiger partial charge in [0, 0.05) is 6.42 Å². The van der Waals surface area contributed by atoms with Crippen LogP contribution in [-0.4, -0.2) is 18.6 Å². The van der Waals surface area contributed by atoms with Gasteiger partial charge in [0.05, 0.1) is 0 Å². The maximum absolute atomic E-state index is 11.5. The molecule has 0 radical (unpaired) electrons. The van der Waals surface area contributed by atoms with Crippen LogP contribution in [0.1, 0.15) is 64.2 Å². The van der Waals surface area contributed by atoms with Gasteiger partial charge in [0.15, 0.2) is 0 Å². The Balaban J connectivity index is 0.00000256. The van der Waals surface area contributed by atoms with Crippen molar-refractivity contribution in [1.29, 1.82) is 0 Å². The molecule has 2 N–H and O–H groups in total. The topological polar surface area (TPSA) is 52.3 Å². The van der Waals surface area contributed by atoms with Crippen LogP contribution in [0.2, 0.25) is 0 Å². The number of esters is 1. The molecule has 0 spiro atoms. The summed E-state index contributed by atoms with van der Waals surface area (Å²) >= 11 is 0. The third-order valence-electron chi connectivity index (χ3n) is 3.19. The largest absolute Gasteiger partial charge is 0.462 e. The van der Waals surface area contributed by atoms with Crippen molar-refractivity contribution in [2.24, 2.45) is 5.73 Å². The monoisotopic (exact) mass is 263 g/mol. The van der Waals surface area contributed by atoms with E-state index in [0.717, 1.165) is 38.6 Å². The molecule has 17 heavy (non-hydrogen) atoms. The highest BCUT2D eigenvalue weighted by Gasteiger charge is 2.16. The van der Waals surface area contributed by atoms with E-state index in [1.54, 1.807) is 0 Å².